The third kappa shape index (κ3) is 6.15. The van der Waals surface area contributed by atoms with Crippen molar-refractivity contribution in [2.45, 2.75) is 26.7 Å². The van der Waals surface area contributed by atoms with Gasteiger partial charge in [0.25, 0.3) is 0 Å². The number of nitrogens with zero attached hydrogens (tertiary/aromatic N) is 1. The first-order chi connectivity index (χ1) is 10.7. The summed E-state index contributed by atoms with van der Waals surface area (Å²) in [6.07, 6.45) is 6.87. The summed E-state index contributed by atoms with van der Waals surface area (Å²) in [6, 6.07) is 8.16. The Hall–Kier alpha value is -2.06. The van der Waals surface area contributed by atoms with Gasteiger partial charge in [0.05, 0.1) is 5.56 Å². The summed E-state index contributed by atoms with van der Waals surface area (Å²) in [5, 5.41) is 9.00. The van der Waals surface area contributed by atoms with Gasteiger partial charge in [-0.25, -0.2) is 9.18 Å². The number of benzene rings is 1. The molecular weight excluding hydrogens is 300 g/mol. The number of hydrogen-bond acceptors (Lipinski definition) is 2. The molecule has 0 saturated heterocycles. The van der Waals surface area contributed by atoms with Crippen molar-refractivity contribution in [3.63, 3.8) is 0 Å². The van der Waals surface area contributed by atoms with Crippen molar-refractivity contribution in [1.82, 2.24) is 4.98 Å². The second-order valence-corrected chi connectivity index (χ2v) is 3.93. The second kappa shape index (κ2) is 11.6. The zero-order chi connectivity index (χ0) is 17.0. The Labute approximate surface area is 133 Å². The van der Waals surface area contributed by atoms with Gasteiger partial charge in [0.15, 0.2) is 0 Å². The van der Waals surface area contributed by atoms with Gasteiger partial charge >= 0.3 is 5.97 Å². The number of aromatic carboxylic acids is 1. The van der Waals surface area contributed by atoms with E-state index in [1.54, 1.807) is 30.5 Å². The number of carbonyl (C=O) groups is 1. The highest BCUT2D eigenvalue weighted by Crippen LogP contribution is 2.13. The maximum absolute atomic E-state index is 13.4. The van der Waals surface area contributed by atoms with Crippen LogP contribution in [0.3, 0.4) is 0 Å². The molecule has 3 nitrogen and oxygen atoms in total. The van der Waals surface area contributed by atoms with Gasteiger partial charge in [0.1, 0.15) is 5.82 Å². The van der Waals surface area contributed by atoms with Crippen molar-refractivity contribution in [3.05, 3.63) is 65.2 Å². The van der Waals surface area contributed by atoms with Crippen molar-refractivity contribution >= 4 is 21.1 Å². The van der Waals surface area contributed by atoms with Crippen LogP contribution in [0.5, 0.6) is 0 Å². The lowest BCUT2D eigenvalue weighted by Crippen LogP contribution is -2.04. The van der Waals surface area contributed by atoms with E-state index in [0.29, 0.717) is 24.0 Å². The van der Waals surface area contributed by atoms with Crippen molar-refractivity contribution in [2.24, 2.45) is 0 Å². The highest BCUT2D eigenvalue weighted by atomic mass is 31.0. The van der Waals surface area contributed by atoms with E-state index in [2.05, 4.69) is 20.1 Å². The first kappa shape index (κ1) is 19.9. The molecule has 0 aliphatic rings. The minimum absolute atomic E-state index is 0.175. The molecule has 0 amide bonds. The third-order valence-electron chi connectivity index (χ3n) is 2.76. The molecule has 0 saturated carbocycles. The van der Waals surface area contributed by atoms with Crippen LogP contribution in [0, 0.1) is 5.82 Å². The van der Waals surface area contributed by atoms with Crippen LogP contribution in [-0.4, -0.2) is 22.4 Å². The van der Waals surface area contributed by atoms with Gasteiger partial charge < -0.3 is 5.11 Å². The Bertz CT molecular complexity index is 590. The quantitative estimate of drug-likeness (QED) is 0.855. The summed E-state index contributed by atoms with van der Waals surface area (Å²) in [5.74, 6) is -1.27. The average Bonchev–Trinajstić information content (AvgIpc) is 2.58. The standard InChI is InChI=1S/C14H12FNO2.C2H6.CH3P/c15-13-4-2-1-3-11(13)6-5-10-7-8-16-9-12(10)14(17)18;2*1-2/h1-4,7-9H,5-6H2,(H,17,18);1-2H3;2H,1H2. The predicted molar refractivity (Wildman–Crippen MR) is 91.8 cm³/mol. The fourth-order valence-corrected chi connectivity index (χ4v) is 1.80. The van der Waals surface area contributed by atoms with E-state index < -0.39 is 5.97 Å². The Kier molecular flexibility index (Phi) is 10.5. The molecule has 0 aliphatic heterocycles. The molecular formula is C17H21FNO2P. The topological polar surface area (TPSA) is 50.2 Å². The van der Waals surface area contributed by atoms with E-state index in [4.69, 9.17) is 5.11 Å². The smallest absolute Gasteiger partial charge is 0.337 e. The Morgan fingerprint density at radius 3 is 2.36 bits per heavy atom. The molecule has 0 bridgehead atoms. The molecule has 0 atom stereocenters. The number of aromatic nitrogens is 1. The highest BCUT2D eigenvalue weighted by molar-refractivity contribution is 7.15. The number of rotatable bonds is 4. The largest absolute Gasteiger partial charge is 0.478 e. The SMILES string of the molecule is C=P.CC.O=C(O)c1cnccc1CCc1ccccc1F. The molecule has 118 valence electrons. The summed E-state index contributed by atoms with van der Waals surface area (Å²) in [6.45, 7) is 4.00. The highest BCUT2D eigenvalue weighted by Gasteiger charge is 2.10. The van der Waals surface area contributed by atoms with E-state index in [9.17, 15) is 9.18 Å². The van der Waals surface area contributed by atoms with E-state index in [-0.39, 0.29) is 11.4 Å². The average molecular weight is 321 g/mol. The van der Waals surface area contributed by atoms with E-state index >= 15 is 0 Å². The summed E-state index contributed by atoms with van der Waals surface area (Å²) in [7, 11) is 2.72. The first-order valence-electron chi connectivity index (χ1n) is 6.93. The molecule has 5 heteroatoms. The van der Waals surface area contributed by atoms with Crippen LogP contribution < -0.4 is 0 Å². The fraction of sp³-hybridized carbons (Fsp3) is 0.235. The van der Waals surface area contributed by atoms with Crippen molar-refractivity contribution in [2.75, 3.05) is 0 Å². The lowest BCUT2D eigenvalue weighted by Gasteiger charge is -2.06. The van der Waals surface area contributed by atoms with Gasteiger partial charge in [-0.05, 0) is 36.1 Å². The number of aryl methyl sites for hydroxylation is 2. The van der Waals surface area contributed by atoms with Gasteiger partial charge in [-0.1, -0.05) is 38.3 Å². The van der Waals surface area contributed by atoms with Crippen LogP contribution >= 0.6 is 8.86 Å². The minimum Gasteiger partial charge on any atom is -0.478 e. The monoisotopic (exact) mass is 321 g/mol. The normalized spacial score (nSPS) is 8.86. The van der Waals surface area contributed by atoms with Crippen LogP contribution in [-0.2, 0) is 12.8 Å². The van der Waals surface area contributed by atoms with Crippen LogP contribution in [0.15, 0.2) is 42.7 Å². The maximum atomic E-state index is 13.4. The first-order valence-corrected chi connectivity index (χ1v) is 7.64. The third-order valence-corrected chi connectivity index (χ3v) is 2.76. The Balaban J connectivity index is 0.00000102. The summed E-state index contributed by atoms with van der Waals surface area (Å²) >= 11 is 0. The molecule has 0 unspecified atom stereocenters. The second-order valence-electron chi connectivity index (χ2n) is 3.93. The minimum atomic E-state index is -1.01. The van der Waals surface area contributed by atoms with Gasteiger partial charge in [0.2, 0.25) is 0 Å². The molecule has 1 N–H and O–H groups in total. The van der Waals surface area contributed by atoms with Gasteiger partial charge in [0, 0.05) is 12.4 Å². The van der Waals surface area contributed by atoms with Crippen molar-refractivity contribution < 1.29 is 14.3 Å². The number of carboxylic acid groups (broad SMARTS) is 1. The number of hydrogen-bond donors (Lipinski definition) is 1. The maximum Gasteiger partial charge on any atom is 0.337 e. The lowest BCUT2D eigenvalue weighted by molar-refractivity contribution is 0.0695. The van der Waals surface area contributed by atoms with Crippen LogP contribution in [0.25, 0.3) is 0 Å². The number of halogens is 1. The van der Waals surface area contributed by atoms with Crippen molar-refractivity contribution in [1.29, 1.82) is 0 Å². The summed E-state index contributed by atoms with van der Waals surface area (Å²) in [5.41, 5.74) is 1.43. The molecule has 0 spiro atoms. The molecule has 0 aliphatic carbocycles. The van der Waals surface area contributed by atoms with E-state index in [1.807, 2.05) is 13.8 Å². The molecule has 1 aromatic heterocycles. The van der Waals surface area contributed by atoms with E-state index in [1.165, 1.54) is 12.3 Å². The number of carboxylic acids is 1. The molecule has 1 heterocycles. The Morgan fingerprint density at radius 2 is 1.77 bits per heavy atom. The number of pyridine rings is 1. The lowest BCUT2D eigenvalue weighted by atomic mass is 10.0. The molecule has 1 aromatic carbocycles. The summed E-state index contributed by atoms with van der Waals surface area (Å²) < 4.78 is 13.4. The van der Waals surface area contributed by atoms with Crippen LogP contribution in [0.4, 0.5) is 4.39 Å². The van der Waals surface area contributed by atoms with Crippen molar-refractivity contribution in [3.8, 4) is 0 Å². The van der Waals surface area contributed by atoms with Gasteiger partial charge in [-0.2, -0.15) is 0 Å². The van der Waals surface area contributed by atoms with Gasteiger partial charge in [-0.3, -0.25) is 4.98 Å². The molecule has 22 heavy (non-hydrogen) atoms. The molecule has 2 aromatic rings. The van der Waals surface area contributed by atoms with E-state index in [0.717, 1.165) is 0 Å². The zero-order valence-electron chi connectivity index (χ0n) is 12.8. The van der Waals surface area contributed by atoms with Gasteiger partial charge in [-0.15, -0.1) is 8.86 Å². The predicted octanol–water partition coefficient (Wildman–Crippen LogP) is 4.29. The molecule has 2 rings (SSSR count). The molecule has 0 fully saturated rings. The summed E-state index contributed by atoms with van der Waals surface area (Å²) in [4.78, 5) is 14.8. The zero-order valence-corrected chi connectivity index (χ0v) is 13.8. The fourth-order valence-electron chi connectivity index (χ4n) is 1.80. The molecule has 0 radical (unpaired) electrons. The Morgan fingerprint density at radius 1 is 1.18 bits per heavy atom. The van der Waals surface area contributed by atoms with Crippen LogP contribution in [0.1, 0.15) is 35.3 Å². The van der Waals surface area contributed by atoms with Crippen LogP contribution in [0.2, 0.25) is 0 Å².